The van der Waals surface area contributed by atoms with Crippen molar-refractivity contribution in [3.05, 3.63) is 0 Å². The van der Waals surface area contributed by atoms with Crippen LogP contribution in [0, 0.1) is 16.7 Å². The Balaban J connectivity index is 2.41. The van der Waals surface area contributed by atoms with Gasteiger partial charge in [0.15, 0.2) is 0 Å². The van der Waals surface area contributed by atoms with Crippen LogP contribution in [0.2, 0.25) is 0 Å². The standard InChI is InChI=1S/C8H12N2O2/c9-4-3-8(1-2-8)5-6(10)7(11)12/h6H,1-3,5,10H2,(H,11,12)/t6-/m0/s1. The van der Waals surface area contributed by atoms with Gasteiger partial charge in [-0.25, -0.2) is 0 Å². The number of aliphatic carboxylic acids is 1. The van der Waals surface area contributed by atoms with E-state index in [-0.39, 0.29) is 5.41 Å². The zero-order valence-electron chi connectivity index (χ0n) is 6.79. The Labute approximate surface area is 71.0 Å². The largest absolute Gasteiger partial charge is 0.480 e. The van der Waals surface area contributed by atoms with Crippen LogP contribution >= 0.6 is 0 Å². The van der Waals surface area contributed by atoms with Crippen molar-refractivity contribution in [2.24, 2.45) is 11.1 Å². The first kappa shape index (κ1) is 9.01. The summed E-state index contributed by atoms with van der Waals surface area (Å²) in [5, 5.41) is 17.0. The number of carbonyl (C=O) groups is 1. The Morgan fingerprint density at radius 3 is 2.67 bits per heavy atom. The van der Waals surface area contributed by atoms with Crippen molar-refractivity contribution in [2.45, 2.75) is 31.7 Å². The van der Waals surface area contributed by atoms with Gasteiger partial charge in [0.2, 0.25) is 0 Å². The molecule has 0 aromatic rings. The fraction of sp³-hybridized carbons (Fsp3) is 0.750. The molecule has 4 heteroatoms. The van der Waals surface area contributed by atoms with Gasteiger partial charge in [0.1, 0.15) is 6.04 Å². The monoisotopic (exact) mass is 168 g/mol. The molecule has 1 rings (SSSR count). The summed E-state index contributed by atoms with van der Waals surface area (Å²) in [6.07, 6.45) is 2.77. The van der Waals surface area contributed by atoms with Crippen molar-refractivity contribution >= 4 is 5.97 Å². The maximum absolute atomic E-state index is 10.4. The molecule has 1 aliphatic carbocycles. The molecular formula is C8H12N2O2. The minimum atomic E-state index is -0.973. The molecule has 4 nitrogen and oxygen atoms in total. The van der Waals surface area contributed by atoms with E-state index in [0.717, 1.165) is 12.8 Å². The normalized spacial score (nSPS) is 21.0. The molecule has 3 N–H and O–H groups in total. The number of nitriles is 1. The Hall–Kier alpha value is -1.08. The molecule has 0 spiro atoms. The molecule has 1 aliphatic rings. The third kappa shape index (κ3) is 1.95. The van der Waals surface area contributed by atoms with Crippen LogP contribution in [0.5, 0.6) is 0 Å². The summed E-state index contributed by atoms with van der Waals surface area (Å²) in [6.45, 7) is 0. The van der Waals surface area contributed by atoms with E-state index in [1.807, 2.05) is 0 Å². The van der Waals surface area contributed by atoms with Gasteiger partial charge >= 0.3 is 5.97 Å². The molecule has 0 aromatic carbocycles. The first-order valence-corrected chi connectivity index (χ1v) is 3.95. The van der Waals surface area contributed by atoms with Crippen LogP contribution in [0.1, 0.15) is 25.7 Å². The Bertz CT molecular complexity index is 228. The first-order chi connectivity index (χ1) is 5.59. The molecule has 0 unspecified atom stereocenters. The minimum Gasteiger partial charge on any atom is -0.480 e. The number of nitrogens with two attached hydrogens (primary N) is 1. The van der Waals surface area contributed by atoms with E-state index < -0.39 is 12.0 Å². The average Bonchev–Trinajstić information content (AvgIpc) is 2.69. The molecule has 0 saturated heterocycles. The van der Waals surface area contributed by atoms with E-state index in [9.17, 15) is 4.79 Å². The van der Waals surface area contributed by atoms with E-state index in [0.29, 0.717) is 12.8 Å². The maximum atomic E-state index is 10.4. The van der Waals surface area contributed by atoms with Crippen LogP contribution in [-0.2, 0) is 4.79 Å². The molecule has 66 valence electrons. The van der Waals surface area contributed by atoms with Crippen LogP contribution < -0.4 is 5.73 Å². The van der Waals surface area contributed by atoms with E-state index in [1.165, 1.54) is 0 Å². The highest BCUT2D eigenvalue weighted by Gasteiger charge is 2.44. The summed E-state index contributed by atoms with van der Waals surface area (Å²) in [7, 11) is 0. The highest BCUT2D eigenvalue weighted by molar-refractivity contribution is 5.73. The van der Waals surface area contributed by atoms with Crippen molar-refractivity contribution in [2.75, 3.05) is 0 Å². The van der Waals surface area contributed by atoms with Gasteiger partial charge in [-0.1, -0.05) is 0 Å². The van der Waals surface area contributed by atoms with E-state index in [2.05, 4.69) is 6.07 Å². The molecule has 1 atom stereocenters. The lowest BCUT2D eigenvalue weighted by atomic mass is 9.94. The number of rotatable bonds is 4. The smallest absolute Gasteiger partial charge is 0.320 e. The predicted octanol–water partition coefficient (Wildman–Crippen LogP) is 0.482. The summed E-state index contributed by atoms with van der Waals surface area (Å²) >= 11 is 0. The third-order valence-electron chi connectivity index (χ3n) is 2.38. The molecule has 0 heterocycles. The molecular weight excluding hydrogens is 156 g/mol. The second-order valence-corrected chi connectivity index (χ2v) is 3.48. The van der Waals surface area contributed by atoms with Gasteiger partial charge in [0, 0.05) is 6.42 Å². The second-order valence-electron chi connectivity index (χ2n) is 3.48. The molecule has 1 saturated carbocycles. The van der Waals surface area contributed by atoms with Crippen molar-refractivity contribution in [3.63, 3.8) is 0 Å². The number of hydrogen-bond donors (Lipinski definition) is 2. The lowest BCUT2D eigenvalue weighted by molar-refractivity contribution is -0.139. The number of carboxylic acids is 1. The summed E-state index contributed by atoms with van der Waals surface area (Å²) in [6, 6.07) is 1.26. The van der Waals surface area contributed by atoms with Gasteiger partial charge in [-0.15, -0.1) is 0 Å². The Kier molecular flexibility index (Phi) is 2.34. The highest BCUT2D eigenvalue weighted by atomic mass is 16.4. The average molecular weight is 168 g/mol. The molecule has 0 amide bonds. The van der Waals surface area contributed by atoms with Crippen LogP contribution in [0.25, 0.3) is 0 Å². The summed E-state index contributed by atoms with van der Waals surface area (Å²) in [4.78, 5) is 10.4. The summed E-state index contributed by atoms with van der Waals surface area (Å²) in [5.74, 6) is -0.973. The molecule has 0 aromatic heterocycles. The van der Waals surface area contributed by atoms with E-state index >= 15 is 0 Å². The lowest BCUT2D eigenvalue weighted by Gasteiger charge is -2.13. The topological polar surface area (TPSA) is 87.1 Å². The van der Waals surface area contributed by atoms with Crippen LogP contribution in [0.4, 0.5) is 0 Å². The molecule has 0 aliphatic heterocycles. The van der Waals surface area contributed by atoms with Crippen LogP contribution in [0.15, 0.2) is 0 Å². The fourth-order valence-electron chi connectivity index (χ4n) is 1.35. The first-order valence-electron chi connectivity index (χ1n) is 3.95. The Morgan fingerprint density at radius 1 is 1.75 bits per heavy atom. The molecule has 1 fully saturated rings. The zero-order chi connectivity index (χ0) is 9.19. The molecule has 0 bridgehead atoms. The zero-order valence-corrected chi connectivity index (χ0v) is 6.79. The van der Waals surface area contributed by atoms with Gasteiger partial charge < -0.3 is 10.8 Å². The maximum Gasteiger partial charge on any atom is 0.320 e. The quantitative estimate of drug-likeness (QED) is 0.639. The lowest BCUT2D eigenvalue weighted by Crippen LogP contribution is -2.32. The predicted molar refractivity (Wildman–Crippen MR) is 42.1 cm³/mol. The second kappa shape index (κ2) is 3.11. The Morgan fingerprint density at radius 2 is 2.33 bits per heavy atom. The van der Waals surface area contributed by atoms with Gasteiger partial charge in [-0.05, 0) is 24.7 Å². The number of hydrogen-bond acceptors (Lipinski definition) is 3. The van der Waals surface area contributed by atoms with Gasteiger partial charge in [0.25, 0.3) is 0 Å². The fourth-order valence-corrected chi connectivity index (χ4v) is 1.35. The molecule has 12 heavy (non-hydrogen) atoms. The highest BCUT2D eigenvalue weighted by Crippen LogP contribution is 2.52. The van der Waals surface area contributed by atoms with Crippen molar-refractivity contribution in [1.82, 2.24) is 0 Å². The van der Waals surface area contributed by atoms with Crippen molar-refractivity contribution in [3.8, 4) is 6.07 Å². The number of carboxylic acid groups (broad SMARTS) is 1. The third-order valence-corrected chi connectivity index (χ3v) is 2.38. The van der Waals surface area contributed by atoms with Gasteiger partial charge in [0.05, 0.1) is 6.07 Å². The summed E-state index contributed by atoms with van der Waals surface area (Å²) < 4.78 is 0. The van der Waals surface area contributed by atoms with Crippen molar-refractivity contribution in [1.29, 1.82) is 5.26 Å². The number of nitrogens with zero attached hydrogens (tertiary/aromatic N) is 1. The van der Waals surface area contributed by atoms with E-state index in [4.69, 9.17) is 16.1 Å². The summed E-state index contributed by atoms with van der Waals surface area (Å²) in [5.41, 5.74) is 5.30. The van der Waals surface area contributed by atoms with Crippen LogP contribution in [0.3, 0.4) is 0 Å². The molecule has 0 radical (unpaired) electrons. The van der Waals surface area contributed by atoms with Gasteiger partial charge in [-0.3, -0.25) is 4.79 Å². The van der Waals surface area contributed by atoms with Crippen LogP contribution in [-0.4, -0.2) is 17.1 Å². The van der Waals surface area contributed by atoms with E-state index in [1.54, 1.807) is 0 Å². The van der Waals surface area contributed by atoms with Crippen molar-refractivity contribution < 1.29 is 9.90 Å². The minimum absolute atomic E-state index is 0.0629. The SMILES string of the molecule is N#CCC1(C[C@H](N)C(=O)O)CC1. The van der Waals surface area contributed by atoms with Gasteiger partial charge in [-0.2, -0.15) is 5.26 Å².